The highest BCUT2D eigenvalue weighted by molar-refractivity contribution is 7.89. The molecule has 8 heteroatoms. The first-order valence-electron chi connectivity index (χ1n) is 8.23. The minimum absolute atomic E-state index is 0.0377. The van der Waals surface area contributed by atoms with Gasteiger partial charge >= 0.3 is 0 Å². The number of benzene rings is 2. The zero-order chi connectivity index (χ0) is 20.2. The van der Waals surface area contributed by atoms with Crippen molar-refractivity contribution in [2.45, 2.75) is 31.1 Å². The second-order valence-corrected chi connectivity index (χ2v) is 8.59. The van der Waals surface area contributed by atoms with Crippen molar-refractivity contribution in [2.75, 3.05) is 14.2 Å². The summed E-state index contributed by atoms with van der Waals surface area (Å²) in [4.78, 5) is 14.2. The third-order valence-corrected chi connectivity index (χ3v) is 5.22. The Balaban J connectivity index is 2.11. The van der Waals surface area contributed by atoms with Crippen molar-refractivity contribution in [3.8, 4) is 11.5 Å². The maximum Gasteiger partial charge on any atom is 0.266 e. The van der Waals surface area contributed by atoms with Gasteiger partial charge in [-0.1, -0.05) is 32.9 Å². The number of sulfonamides is 1. The van der Waals surface area contributed by atoms with Crippen LogP contribution in [0.15, 0.2) is 47.4 Å². The van der Waals surface area contributed by atoms with Crippen LogP contribution in [-0.2, 0) is 15.4 Å². The number of methoxy groups -OCH3 is 2. The summed E-state index contributed by atoms with van der Waals surface area (Å²) in [5, 5.41) is 0. The molecular weight excluding hydrogens is 368 g/mol. The van der Waals surface area contributed by atoms with Gasteiger partial charge in [-0.05, 0) is 35.2 Å². The van der Waals surface area contributed by atoms with Crippen molar-refractivity contribution in [1.29, 1.82) is 0 Å². The Labute approximate surface area is 159 Å². The first-order chi connectivity index (χ1) is 12.6. The van der Waals surface area contributed by atoms with E-state index in [0.717, 1.165) is 5.56 Å². The van der Waals surface area contributed by atoms with Crippen LogP contribution in [0, 0.1) is 0 Å². The Hall–Kier alpha value is -2.58. The lowest BCUT2D eigenvalue weighted by molar-refractivity contribution is 0.0945. The largest absolute Gasteiger partial charge is 0.493 e. The molecule has 2 N–H and O–H groups in total. The number of ether oxygens (including phenoxy) is 2. The lowest BCUT2D eigenvalue weighted by Crippen LogP contribution is -2.41. The number of rotatable bonds is 6. The summed E-state index contributed by atoms with van der Waals surface area (Å²) >= 11 is 0. The van der Waals surface area contributed by atoms with Crippen LogP contribution in [-0.4, -0.2) is 28.5 Å². The first-order valence-corrected chi connectivity index (χ1v) is 9.71. The van der Waals surface area contributed by atoms with Crippen LogP contribution < -0.4 is 19.7 Å². The highest BCUT2D eigenvalue weighted by Crippen LogP contribution is 2.29. The van der Waals surface area contributed by atoms with E-state index in [4.69, 9.17) is 9.47 Å². The van der Waals surface area contributed by atoms with Gasteiger partial charge in [-0.25, -0.2) is 8.42 Å². The second-order valence-electron chi connectivity index (χ2n) is 6.90. The average Bonchev–Trinajstić information content (AvgIpc) is 2.64. The third kappa shape index (κ3) is 4.99. The molecule has 2 aromatic rings. The second kappa shape index (κ2) is 7.98. The molecule has 146 valence electrons. The van der Waals surface area contributed by atoms with Crippen molar-refractivity contribution in [3.05, 3.63) is 53.6 Å². The molecule has 1 amide bonds. The predicted molar refractivity (Wildman–Crippen MR) is 102 cm³/mol. The first kappa shape index (κ1) is 20.7. The molecule has 7 nitrogen and oxygen atoms in total. The van der Waals surface area contributed by atoms with Crippen LogP contribution in [0.2, 0.25) is 0 Å². The van der Waals surface area contributed by atoms with Gasteiger partial charge in [0.2, 0.25) is 0 Å². The van der Waals surface area contributed by atoms with Crippen molar-refractivity contribution in [2.24, 2.45) is 0 Å². The third-order valence-electron chi connectivity index (χ3n) is 3.98. The monoisotopic (exact) mass is 392 g/mol. The summed E-state index contributed by atoms with van der Waals surface area (Å²) in [6.45, 7) is 6.21. The van der Waals surface area contributed by atoms with Crippen molar-refractivity contribution >= 4 is 15.9 Å². The Morgan fingerprint density at radius 1 is 0.926 bits per heavy atom. The van der Waals surface area contributed by atoms with Crippen LogP contribution in [0.5, 0.6) is 11.5 Å². The smallest absolute Gasteiger partial charge is 0.266 e. The van der Waals surface area contributed by atoms with Crippen LogP contribution in [0.25, 0.3) is 0 Å². The zero-order valence-electron chi connectivity index (χ0n) is 16.0. The molecule has 0 heterocycles. The highest BCUT2D eigenvalue weighted by atomic mass is 32.2. The van der Waals surface area contributed by atoms with Crippen molar-refractivity contribution in [1.82, 2.24) is 10.3 Å². The molecule has 0 aliphatic heterocycles. The fraction of sp³-hybridized carbons (Fsp3) is 0.316. The van der Waals surface area contributed by atoms with Gasteiger partial charge in [-0.2, -0.15) is 0 Å². The fourth-order valence-corrected chi connectivity index (χ4v) is 3.20. The summed E-state index contributed by atoms with van der Waals surface area (Å²) in [6.07, 6.45) is 0. The molecule has 0 spiro atoms. The van der Waals surface area contributed by atoms with E-state index in [1.54, 1.807) is 12.1 Å². The van der Waals surface area contributed by atoms with E-state index in [1.165, 1.54) is 32.4 Å². The molecule has 0 fully saturated rings. The number of hydrogen-bond acceptors (Lipinski definition) is 5. The van der Waals surface area contributed by atoms with Gasteiger partial charge in [0.1, 0.15) is 0 Å². The number of carbonyl (C=O) groups is 1. The molecule has 0 aliphatic carbocycles. The maximum atomic E-state index is 12.4. The van der Waals surface area contributed by atoms with E-state index in [2.05, 4.69) is 31.0 Å². The summed E-state index contributed by atoms with van der Waals surface area (Å²) < 4.78 is 35.0. The molecule has 2 rings (SSSR count). The van der Waals surface area contributed by atoms with E-state index in [9.17, 15) is 13.2 Å². The summed E-state index contributed by atoms with van der Waals surface area (Å²) in [7, 11) is -1.11. The van der Waals surface area contributed by atoms with Gasteiger partial charge in [0.15, 0.2) is 11.5 Å². The van der Waals surface area contributed by atoms with Gasteiger partial charge in [0.05, 0.1) is 19.1 Å². The average molecular weight is 392 g/mol. The van der Waals surface area contributed by atoms with Gasteiger partial charge in [0, 0.05) is 11.6 Å². The molecule has 0 radical (unpaired) electrons. The molecule has 0 bridgehead atoms. The summed E-state index contributed by atoms with van der Waals surface area (Å²) in [6, 6.07) is 11.1. The zero-order valence-corrected chi connectivity index (χ0v) is 16.8. The van der Waals surface area contributed by atoms with Gasteiger partial charge in [-0.15, -0.1) is 4.83 Å². The van der Waals surface area contributed by atoms with Gasteiger partial charge < -0.3 is 9.47 Å². The molecule has 0 unspecified atom stereocenters. The topological polar surface area (TPSA) is 93.7 Å². The lowest BCUT2D eigenvalue weighted by atomic mass is 9.87. The number of nitrogens with one attached hydrogen (secondary N) is 2. The molecule has 0 aliphatic rings. The van der Waals surface area contributed by atoms with Crippen molar-refractivity contribution in [3.63, 3.8) is 0 Å². The quantitative estimate of drug-likeness (QED) is 0.737. The fourth-order valence-electron chi connectivity index (χ4n) is 2.35. The number of hydrogen-bond donors (Lipinski definition) is 2. The summed E-state index contributed by atoms with van der Waals surface area (Å²) in [5.74, 6) is 0.114. The number of amides is 1. The van der Waals surface area contributed by atoms with Crippen LogP contribution in [0.1, 0.15) is 36.7 Å². The van der Waals surface area contributed by atoms with E-state index in [-0.39, 0.29) is 16.1 Å². The van der Waals surface area contributed by atoms with Crippen LogP contribution in [0.4, 0.5) is 0 Å². The van der Waals surface area contributed by atoms with Crippen molar-refractivity contribution < 1.29 is 22.7 Å². The molecule has 0 atom stereocenters. The molecule has 0 saturated heterocycles. The van der Waals surface area contributed by atoms with E-state index in [0.29, 0.717) is 11.3 Å². The molecular formula is C19H24N2O5S. The van der Waals surface area contributed by atoms with Gasteiger partial charge in [-0.3, -0.25) is 10.2 Å². The Kier molecular flexibility index (Phi) is 6.12. The lowest BCUT2D eigenvalue weighted by Gasteiger charge is -2.19. The number of carbonyl (C=O) groups excluding carboxylic acids is 1. The standard InChI is InChI=1S/C19H24N2O5S/c1-19(2,3)14-8-6-13(7-9-14)18(22)20-21-27(23,24)15-10-11-16(25-4)17(12-15)26-5/h6-12,21H,1-5H3,(H,20,22). The van der Waals surface area contributed by atoms with E-state index in [1.807, 2.05) is 12.1 Å². The molecule has 0 aromatic heterocycles. The Morgan fingerprint density at radius 3 is 2.04 bits per heavy atom. The summed E-state index contributed by atoms with van der Waals surface area (Å²) in [5.41, 5.74) is 3.59. The Bertz CT molecular complexity index is 916. The highest BCUT2D eigenvalue weighted by Gasteiger charge is 2.19. The Morgan fingerprint density at radius 2 is 1.52 bits per heavy atom. The normalized spacial score (nSPS) is 11.7. The minimum Gasteiger partial charge on any atom is -0.493 e. The molecule has 0 saturated carbocycles. The predicted octanol–water partition coefficient (Wildman–Crippen LogP) is 2.62. The van der Waals surface area contributed by atoms with E-state index >= 15 is 0 Å². The van der Waals surface area contributed by atoms with Crippen LogP contribution >= 0.6 is 0 Å². The minimum atomic E-state index is -3.97. The van der Waals surface area contributed by atoms with Gasteiger partial charge in [0.25, 0.3) is 15.9 Å². The SMILES string of the molecule is COc1ccc(S(=O)(=O)NNC(=O)c2ccc(C(C)(C)C)cc2)cc1OC. The molecule has 27 heavy (non-hydrogen) atoms. The molecule has 2 aromatic carbocycles. The maximum absolute atomic E-state index is 12.4. The van der Waals surface area contributed by atoms with E-state index < -0.39 is 15.9 Å². The van der Waals surface area contributed by atoms with Crippen LogP contribution in [0.3, 0.4) is 0 Å². The number of hydrazine groups is 1.